The number of nitrogens with zero attached hydrogens (tertiary/aromatic N) is 4. The number of carbonyl (C=O) groups excluding carboxylic acids is 1. The van der Waals surface area contributed by atoms with Gasteiger partial charge in [-0.05, 0) is 37.4 Å². The molecule has 3 rings (SSSR count). The van der Waals surface area contributed by atoms with Gasteiger partial charge >= 0.3 is 0 Å². The van der Waals surface area contributed by atoms with Crippen LogP contribution in [0, 0.1) is 12.8 Å². The van der Waals surface area contributed by atoms with Crippen LogP contribution < -0.4 is 11.1 Å². The molecule has 122 valence electrons. The Morgan fingerprint density at radius 1 is 1.35 bits per heavy atom. The predicted molar refractivity (Wildman–Crippen MR) is 86.3 cm³/mol. The average molecular weight is 314 g/mol. The smallest absolute Gasteiger partial charge is 0.243 e. The van der Waals surface area contributed by atoms with Crippen LogP contribution in [0.25, 0.3) is 11.4 Å². The Morgan fingerprint density at radius 2 is 2.13 bits per heavy atom. The van der Waals surface area contributed by atoms with Crippen LogP contribution in [0.2, 0.25) is 0 Å². The summed E-state index contributed by atoms with van der Waals surface area (Å²) in [5, 5.41) is 15.3. The van der Waals surface area contributed by atoms with E-state index in [-0.39, 0.29) is 18.5 Å². The second-order valence-electron chi connectivity index (χ2n) is 6.11. The van der Waals surface area contributed by atoms with Gasteiger partial charge in [-0.2, -0.15) is 4.80 Å². The van der Waals surface area contributed by atoms with E-state index in [9.17, 15) is 4.79 Å². The highest BCUT2D eigenvalue weighted by molar-refractivity contribution is 5.76. The zero-order valence-electron chi connectivity index (χ0n) is 13.3. The second kappa shape index (κ2) is 6.87. The lowest BCUT2D eigenvalue weighted by Gasteiger charge is -2.19. The molecule has 0 spiro atoms. The van der Waals surface area contributed by atoms with Crippen LogP contribution in [0.5, 0.6) is 0 Å². The molecule has 1 aliphatic rings. The number of carbonyl (C=O) groups is 1. The lowest BCUT2D eigenvalue weighted by molar-refractivity contribution is -0.123. The Kier molecular flexibility index (Phi) is 4.66. The number of aromatic nitrogens is 4. The summed E-state index contributed by atoms with van der Waals surface area (Å²) in [4.78, 5) is 13.5. The van der Waals surface area contributed by atoms with E-state index in [2.05, 4.69) is 20.7 Å². The first kappa shape index (κ1) is 15.6. The van der Waals surface area contributed by atoms with Crippen LogP contribution >= 0.6 is 0 Å². The highest BCUT2D eigenvalue weighted by Gasteiger charge is 2.27. The van der Waals surface area contributed by atoms with Crippen molar-refractivity contribution in [3.63, 3.8) is 0 Å². The van der Waals surface area contributed by atoms with Crippen LogP contribution in [0.3, 0.4) is 0 Å². The van der Waals surface area contributed by atoms with Gasteiger partial charge in [0, 0.05) is 11.6 Å². The fourth-order valence-electron chi connectivity index (χ4n) is 3.02. The summed E-state index contributed by atoms with van der Waals surface area (Å²) in [6, 6.07) is 8.06. The largest absolute Gasteiger partial charge is 0.351 e. The van der Waals surface area contributed by atoms with Crippen molar-refractivity contribution in [2.75, 3.05) is 6.54 Å². The number of nitrogens with one attached hydrogen (secondary N) is 1. The Labute approximate surface area is 135 Å². The lowest BCUT2D eigenvalue weighted by Crippen LogP contribution is -2.41. The van der Waals surface area contributed by atoms with Crippen LogP contribution in [0.4, 0.5) is 0 Å². The summed E-state index contributed by atoms with van der Waals surface area (Å²) >= 11 is 0. The molecule has 7 heteroatoms. The zero-order chi connectivity index (χ0) is 16.2. The third-order valence-electron chi connectivity index (χ3n) is 4.36. The number of aryl methyl sites for hydroxylation is 1. The van der Waals surface area contributed by atoms with Gasteiger partial charge in [0.25, 0.3) is 0 Å². The van der Waals surface area contributed by atoms with Gasteiger partial charge < -0.3 is 11.1 Å². The van der Waals surface area contributed by atoms with Gasteiger partial charge in [0.1, 0.15) is 6.54 Å². The number of hydrogen-bond acceptors (Lipinski definition) is 5. The highest BCUT2D eigenvalue weighted by atomic mass is 16.2. The maximum Gasteiger partial charge on any atom is 0.243 e. The monoisotopic (exact) mass is 314 g/mol. The Morgan fingerprint density at radius 3 is 2.87 bits per heavy atom. The van der Waals surface area contributed by atoms with E-state index >= 15 is 0 Å². The molecule has 0 saturated heterocycles. The normalized spacial score (nSPS) is 20.6. The fourth-order valence-corrected chi connectivity index (χ4v) is 3.02. The van der Waals surface area contributed by atoms with Crippen molar-refractivity contribution in [2.45, 2.75) is 38.8 Å². The van der Waals surface area contributed by atoms with Gasteiger partial charge in [0.15, 0.2) is 0 Å². The topological polar surface area (TPSA) is 98.7 Å². The third-order valence-corrected chi connectivity index (χ3v) is 4.36. The molecule has 23 heavy (non-hydrogen) atoms. The van der Waals surface area contributed by atoms with E-state index in [1.54, 1.807) is 0 Å². The SMILES string of the molecule is Cc1ccc(-c2nnn(CC(=O)NC3CCCC3CN)n2)cc1. The quantitative estimate of drug-likeness (QED) is 0.854. The van der Waals surface area contributed by atoms with Gasteiger partial charge in [0.05, 0.1) is 0 Å². The first-order chi connectivity index (χ1) is 11.2. The summed E-state index contributed by atoms with van der Waals surface area (Å²) < 4.78 is 0. The molecule has 1 amide bonds. The summed E-state index contributed by atoms with van der Waals surface area (Å²) in [6.07, 6.45) is 3.19. The van der Waals surface area contributed by atoms with E-state index in [1.165, 1.54) is 10.4 Å². The number of rotatable bonds is 5. The number of nitrogens with two attached hydrogens (primary N) is 1. The first-order valence-corrected chi connectivity index (χ1v) is 8.00. The molecule has 2 unspecified atom stereocenters. The van der Waals surface area contributed by atoms with Crippen LogP contribution in [0.1, 0.15) is 24.8 Å². The third kappa shape index (κ3) is 3.73. The van der Waals surface area contributed by atoms with Crippen LogP contribution in [-0.4, -0.2) is 38.7 Å². The molecule has 1 aromatic heterocycles. The molecule has 2 aromatic rings. The Hall–Kier alpha value is -2.28. The van der Waals surface area contributed by atoms with Crippen molar-refractivity contribution < 1.29 is 4.79 Å². The van der Waals surface area contributed by atoms with Crippen molar-refractivity contribution in [1.82, 2.24) is 25.5 Å². The number of tetrazole rings is 1. The van der Waals surface area contributed by atoms with Crippen molar-refractivity contribution in [1.29, 1.82) is 0 Å². The molecule has 2 atom stereocenters. The van der Waals surface area contributed by atoms with Gasteiger partial charge in [-0.3, -0.25) is 4.79 Å². The molecule has 1 aromatic carbocycles. The average Bonchev–Trinajstić information content (AvgIpc) is 3.17. The van der Waals surface area contributed by atoms with E-state index in [1.807, 2.05) is 31.2 Å². The van der Waals surface area contributed by atoms with Gasteiger partial charge in [-0.25, -0.2) is 0 Å². The van der Waals surface area contributed by atoms with Crippen molar-refractivity contribution in [3.05, 3.63) is 29.8 Å². The van der Waals surface area contributed by atoms with Crippen molar-refractivity contribution in [2.24, 2.45) is 11.7 Å². The minimum absolute atomic E-state index is 0.0760. The summed E-state index contributed by atoms with van der Waals surface area (Å²) in [5.74, 6) is 0.812. The predicted octanol–water partition coefficient (Wildman–Crippen LogP) is 0.892. The van der Waals surface area contributed by atoms with E-state index in [0.29, 0.717) is 18.3 Å². The summed E-state index contributed by atoms with van der Waals surface area (Å²) in [5.41, 5.74) is 7.80. The number of benzene rings is 1. The molecular formula is C16H22N6O. The number of hydrogen-bond donors (Lipinski definition) is 2. The minimum atomic E-state index is -0.0943. The maximum absolute atomic E-state index is 12.1. The standard InChI is InChI=1S/C16H22N6O/c1-11-5-7-12(8-6-11)16-19-21-22(20-16)10-15(23)18-14-4-2-3-13(14)9-17/h5-8,13-14H,2-4,9-10,17H2,1H3,(H,18,23). The Bertz CT molecular complexity index is 665. The molecule has 0 aliphatic heterocycles. The van der Waals surface area contributed by atoms with Crippen LogP contribution in [-0.2, 0) is 11.3 Å². The Balaban J connectivity index is 1.60. The van der Waals surface area contributed by atoms with E-state index < -0.39 is 0 Å². The van der Waals surface area contributed by atoms with Crippen LogP contribution in [0.15, 0.2) is 24.3 Å². The van der Waals surface area contributed by atoms with Crippen molar-refractivity contribution in [3.8, 4) is 11.4 Å². The van der Waals surface area contributed by atoms with E-state index in [0.717, 1.165) is 24.8 Å². The fraction of sp³-hybridized carbons (Fsp3) is 0.500. The van der Waals surface area contributed by atoms with Gasteiger partial charge in [-0.15, -0.1) is 10.2 Å². The van der Waals surface area contributed by atoms with Crippen molar-refractivity contribution >= 4 is 5.91 Å². The second-order valence-corrected chi connectivity index (χ2v) is 6.11. The number of amides is 1. The lowest BCUT2D eigenvalue weighted by atomic mass is 10.0. The molecule has 1 saturated carbocycles. The molecule has 1 fully saturated rings. The maximum atomic E-state index is 12.1. The van der Waals surface area contributed by atoms with Gasteiger partial charge in [-0.1, -0.05) is 36.2 Å². The molecule has 0 bridgehead atoms. The molecule has 0 radical (unpaired) electrons. The summed E-state index contributed by atoms with van der Waals surface area (Å²) in [7, 11) is 0. The molecule has 1 heterocycles. The molecule has 1 aliphatic carbocycles. The highest BCUT2D eigenvalue weighted by Crippen LogP contribution is 2.24. The molecular weight excluding hydrogens is 292 g/mol. The first-order valence-electron chi connectivity index (χ1n) is 8.00. The molecule has 3 N–H and O–H groups in total. The molecule has 7 nitrogen and oxygen atoms in total. The summed E-state index contributed by atoms with van der Waals surface area (Å²) in [6.45, 7) is 2.72. The zero-order valence-corrected chi connectivity index (χ0v) is 13.3. The minimum Gasteiger partial charge on any atom is -0.351 e. The van der Waals surface area contributed by atoms with Gasteiger partial charge in [0.2, 0.25) is 11.7 Å². The van der Waals surface area contributed by atoms with E-state index in [4.69, 9.17) is 5.73 Å².